The number of amides is 1. The number of carboxylic acids is 1. The number of rotatable bonds is 4. The molecular weight excluding hydrogens is 306 g/mol. The van der Waals surface area contributed by atoms with Crippen LogP contribution in [-0.2, 0) is 0 Å². The number of carbonyl (C=O) groups is 2. The maximum Gasteiger partial charge on any atom is 0.276 e. The minimum absolute atomic E-state index is 0.287. The predicted molar refractivity (Wildman–Crippen MR) is 86.2 cm³/mol. The van der Waals surface area contributed by atoms with E-state index in [1.54, 1.807) is 12.1 Å². The third-order valence-electron chi connectivity index (χ3n) is 3.36. The van der Waals surface area contributed by atoms with E-state index in [1.807, 2.05) is 42.5 Å². The van der Waals surface area contributed by atoms with Crippen LogP contribution in [-0.4, -0.2) is 21.8 Å². The molecule has 2 aromatic carbocycles. The Morgan fingerprint density at radius 1 is 0.792 bits per heavy atom. The average Bonchev–Trinajstić information content (AvgIpc) is 2.63. The fourth-order valence-electron chi connectivity index (χ4n) is 2.22. The first kappa shape index (κ1) is 15.4. The molecule has 1 amide bonds. The molecule has 6 heteroatoms. The van der Waals surface area contributed by atoms with Crippen molar-refractivity contribution in [1.29, 1.82) is 0 Å². The molecule has 0 saturated carbocycles. The van der Waals surface area contributed by atoms with E-state index in [0.717, 1.165) is 11.1 Å². The Morgan fingerprint density at radius 2 is 1.38 bits per heavy atom. The molecule has 0 unspecified atom stereocenters. The van der Waals surface area contributed by atoms with E-state index in [4.69, 9.17) is 0 Å². The lowest BCUT2D eigenvalue weighted by Crippen LogP contribution is -2.28. The highest BCUT2D eigenvalue weighted by Gasteiger charge is 2.15. The summed E-state index contributed by atoms with van der Waals surface area (Å²) in [5.41, 5.74) is 1.81. The van der Waals surface area contributed by atoms with Crippen LogP contribution in [0.3, 0.4) is 0 Å². The lowest BCUT2D eigenvalue weighted by Gasteiger charge is -2.09. The van der Waals surface area contributed by atoms with E-state index in [2.05, 4.69) is 15.3 Å². The molecule has 118 valence electrons. The van der Waals surface area contributed by atoms with Crippen LogP contribution < -0.4 is 10.4 Å². The fraction of sp³-hybridized carbons (Fsp3) is 0. The molecule has 0 atom stereocenters. The first-order chi connectivity index (χ1) is 11.6. The number of carbonyl (C=O) groups excluding carboxylic acids is 2. The van der Waals surface area contributed by atoms with Crippen LogP contribution >= 0.6 is 0 Å². The van der Waals surface area contributed by atoms with Crippen LogP contribution in [0.1, 0.15) is 21.0 Å². The maximum absolute atomic E-state index is 12.2. The van der Waals surface area contributed by atoms with Crippen molar-refractivity contribution in [1.82, 2.24) is 9.97 Å². The van der Waals surface area contributed by atoms with Crippen LogP contribution in [0.4, 0.5) is 5.69 Å². The SMILES string of the molecule is O=C([O-])c1nccnc1C(=O)Nc1ccc(-c2ccccc2)cc1. The van der Waals surface area contributed by atoms with Crippen molar-refractivity contribution < 1.29 is 14.7 Å². The Hall–Kier alpha value is -3.54. The highest BCUT2D eigenvalue weighted by atomic mass is 16.4. The van der Waals surface area contributed by atoms with Crippen LogP contribution in [0.25, 0.3) is 11.1 Å². The standard InChI is InChI=1S/C18H13N3O3/c22-17(15-16(18(23)24)20-11-10-19-15)21-14-8-6-13(7-9-14)12-4-2-1-3-5-12/h1-11H,(H,21,22)(H,23,24)/p-1. The average molecular weight is 318 g/mol. The van der Waals surface area contributed by atoms with Crippen molar-refractivity contribution in [3.63, 3.8) is 0 Å². The smallest absolute Gasteiger partial charge is 0.276 e. The van der Waals surface area contributed by atoms with Gasteiger partial charge in [-0.1, -0.05) is 42.5 Å². The number of nitrogens with one attached hydrogen (secondary N) is 1. The van der Waals surface area contributed by atoms with Crippen molar-refractivity contribution in [2.45, 2.75) is 0 Å². The number of anilines is 1. The van der Waals surface area contributed by atoms with E-state index in [-0.39, 0.29) is 5.69 Å². The number of nitrogens with zero attached hydrogens (tertiary/aromatic N) is 2. The van der Waals surface area contributed by atoms with Gasteiger partial charge in [0.05, 0.1) is 5.97 Å². The largest absolute Gasteiger partial charge is 0.543 e. The molecule has 3 rings (SSSR count). The number of hydrogen-bond acceptors (Lipinski definition) is 5. The van der Waals surface area contributed by atoms with E-state index >= 15 is 0 Å². The molecule has 0 aliphatic heterocycles. The summed E-state index contributed by atoms with van der Waals surface area (Å²) in [7, 11) is 0. The zero-order chi connectivity index (χ0) is 16.9. The molecule has 1 N–H and O–H groups in total. The van der Waals surface area contributed by atoms with Crippen molar-refractivity contribution in [2.24, 2.45) is 0 Å². The molecule has 0 fully saturated rings. The first-order valence-electron chi connectivity index (χ1n) is 7.14. The fourth-order valence-corrected chi connectivity index (χ4v) is 2.22. The zero-order valence-corrected chi connectivity index (χ0v) is 12.5. The van der Waals surface area contributed by atoms with Gasteiger partial charge in [0.25, 0.3) is 5.91 Å². The lowest BCUT2D eigenvalue weighted by molar-refractivity contribution is -0.255. The minimum atomic E-state index is -1.55. The number of hydrogen-bond donors (Lipinski definition) is 1. The summed E-state index contributed by atoms with van der Waals surface area (Å²) in [6.45, 7) is 0. The summed E-state index contributed by atoms with van der Waals surface area (Å²) < 4.78 is 0. The van der Waals surface area contributed by atoms with E-state index in [0.29, 0.717) is 5.69 Å². The Labute approximate surface area is 137 Å². The summed E-state index contributed by atoms with van der Waals surface area (Å²) in [6.07, 6.45) is 2.44. The van der Waals surface area contributed by atoms with Gasteiger partial charge in [0.15, 0.2) is 5.69 Å². The van der Waals surface area contributed by atoms with E-state index < -0.39 is 17.6 Å². The van der Waals surface area contributed by atoms with Crippen LogP contribution in [0.2, 0.25) is 0 Å². The summed E-state index contributed by atoms with van der Waals surface area (Å²) in [5.74, 6) is -2.21. The van der Waals surface area contributed by atoms with Crippen molar-refractivity contribution in [2.75, 3.05) is 5.32 Å². The Balaban J connectivity index is 1.80. The van der Waals surface area contributed by atoms with Gasteiger partial charge in [-0.25, -0.2) is 4.98 Å². The van der Waals surface area contributed by atoms with Gasteiger partial charge >= 0.3 is 0 Å². The Bertz CT molecular complexity index is 878. The molecular formula is C18H12N3O3-. The number of aromatic carboxylic acids is 1. The van der Waals surface area contributed by atoms with Crippen molar-refractivity contribution >= 4 is 17.6 Å². The normalized spacial score (nSPS) is 10.2. The second-order valence-corrected chi connectivity index (χ2v) is 4.94. The first-order valence-corrected chi connectivity index (χ1v) is 7.14. The molecule has 1 aromatic heterocycles. The van der Waals surface area contributed by atoms with Crippen LogP contribution in [0.5, 0.6) is 0 Å². The zero-order valence-electron chi connectivity index (χ0n) is 12.5. The minimum Gasteiger partial charge on any atom is -0.543 e. The molecule has 6 nitrogen and oxygen atoms in total. The lowest BCUT2D eigenvalue weighted by atomic mass is 10.1. The van der Waals surface area contributed by atoms with E-state index in [9.17, 15) is 14.7 Å². The van der Waals surface area contributed by atoms with Gasteiger partial charge in [-0.3, -0.25) is 9.78 Å². The third kappa shape index (κ3) is 3.27. The van der Waals surface area contributed by atoms with Crippen LogP contribution in [0, 0.1) is 0 Å². The number of benzene rings is 2. The Morgan fingerprint density at radius 3 is 2.00 bits per heavy atom. The Kier molecular flexibility index (Phi) is 4.29. The van der Waals surface area contributed by atoms with Gasteiger partial charge in [-0.2, -0.15) is 0 Å². The summed E-state index contributed by atoms with van der Waals surface area (Å²) >= 11 is 0. The summed E-state index contributed by atoms with van der Waals surface area (Å²) in [6, 6.07) is 17.0. The maximum atomic E-state index is 12.2. The van der Waals surface area contributed by atoms with Gasteiger partial charge < -0.3 is 15.2 Å². The summed E-state index contributed by atoms with van der Waals surface area (Å²) in [4.78, 5) is 30.6. The molecule has 1 heterocycles. The molecule has 0 radical (unpaired) electrons. The molecule has 24 heavy (non-hydrogen) atoms. The van der Waals surface area contributed by atoms with Gasteiger partial charge in [-0.15, -0.1) is 0 Å². The topological polar surface area (TPSA) is 95.0 Å². The molecule has 0 bridgehead atoms. The number of aromatic nitrogens is 2. The van der Waals surface area contributed by atoms with Crippen molar-refractivity contribution in [3.8, 4) is 11.1 Å². The second kappa shape index (κ2) is 6.70. The molecule has 0 saturated heterocycles. The quantitative estimate of drug-likeness (QED) is 0.791. The van der Waals surface area contributed by atoms with Crippen LogP contribution in [0.15, 0.2) is 67.0 Å². The second-order valence-electron chi connectivity index (χ2n) is 4.94. The molecule has 0 aliphatic rings. The van der Waals surface area contributed by atoms with Gasteiger partial charge in [0.2, 0.25) is 0 Å². The number of carboxylic acid groups (broad SMARTS) is 1. The predicted octanol–water partition coefficient (Wildman–Crippen LogP) is 1.76. The molecule has 0 spiro atoms. The van der Waals surface area contributed by atoms with Gasteiger partial charge in [-0.05, 0) is 23.3 Å². The third-order valence-corrected chi connectivity index (χ3v) is 3.36. The van der Waals surface area contributed by atoms with E-state index in [1.165, 1.54) is 12.4 Å². The highest BCUT2D eigenvalue weighted by Crippen LogP contribution is 2.21. The summed E-state index contributed by atoms with van der Waals surface area (Å²) in [5, 5.41) is 13.6. The van der Waals surface area contributed by atoms with Crippen molar-refractivity contribution in [3.05, 3.63) is 78.4 Å². The van der Waals surface area contributed by atoms with Gasteiger partial charge in [0.1, 0.15) is 5.69 Å². The van der Waals surface area contributed by atoms with Gasteiger partial charge in [0, 0.05) is 18.1 Å². The monoisotopic (exact) mass is 318 g/mol. The highest BCUT2D eigenvalue weighted by molar-refractivity contribution is 6.08. The molecule has 0 aliphatic carbocycles. The molecule has 3 aromatic rings.